The van der Waals surface area contributed by atoms with E-state index in [0.717, 1.165) is 11.1 Å². The molecule has 32 heavy (non-hydrogen) atoms. The van der Waals surface area contributed by atoms with Crippen molar-refractivity contribution < 1.29 is 23.9 Å². The van der Waals surface area contributed by atoms with Gasteiger partial charge in [-0.1, -0.05) is 60.7 Å². The van der Waals surface area contributed by atoms with Gasteiger partial charge in [0.25, 0.3) is 0 Å². The quantitative estimate of drug-likeness (QED) is 0.513. The normalized spacial score (nSPS) is 18.8. The van der Waals surface area contributed by atoms with Crippen molar-refractivity contribution in [2.45, 2.75) is 64.5 Å². The summed E-state index contributed by atoms with van der Waals surface area (Å²) in [6.45, 7) is 6.27. The Morgan fingerprint density at radius 2 is 1.53 bits per heavy atom. The molecule has 7 heteroatoms. The molecule has 0 aromatic heterocycles. The first-order valence-electron chi connectivity index (χ1n) is 10.9. The van der Waals surface area contributed by atoms with Crippen molar-refractivity contribution in [1.29, 1.82) is 0 Å². The van der Waals surface area contributed by atoms with Crippen LogP contribution in [0.25, 0.3) is 0 Å². The summed E-state index contributed by atoms with van der Waals surface area (Å²) in [5.41, 5.74) is 4.31. The maximum atomic E-state index is 12.9. The van der Waals surface area contributed by atoms with Crippen LogP contribution in [-0.2, 0) is 32.3 Å². The average molecular weight is 441 g/mol. The van der Waals surface area contributed by atoms with Crippen molar-refractivity contribution in [3.63, 3.8) is 0 Å². The Labute approximate surface area is 189 Å². The van der Waals surface area contributed by atoms with E-state index >= 15 is 0 Å². The minimum Gasteiger partial charge on any atom is -0.459 e. The summed E-state index contributed by atoms with van der Waals surface area (Å²) < 4.78 is 11.1. The number of benzene rings is 2. The van der Waals surface area contributed by atoms with Crippen molar-refractivity contribution in [2.75, 3.05) is 6.54 Å². The van der Waals surface area contributed by atoms with Crippen LogP contribution in [-0.4, -0.2) is 41.2 Å². The zero-order valence-electron chi connectivity index (χ0n) is 19.0. The summed E-state index contributed by atoms with van der Waals surface area (Å²) in [5, 5.41) is 0. The third-order valence-corrected chi connectivity index (χ3v) is 5.04. The SMILES string of the molecule is CC(C)(C)OC(=O)N1CC(NOCc2ccccc2)CC[C@H]1C(=O)OCc1ccccc1. The van der Waals surface area contributed by atoms with Gasteiger partial charge in [0.1, 0.15) is 18.2 Å². The molecule has 1 unspecified atom stereocenters. The van der Waals surface area contributed by atoms with Gasteiger partial charge in [-0.2, -0.15) is 5.48 Å². The van der Waals surface area contributed by atoms with Crippen LogP contribution in [0.2, 0.25) is 0 Å². The van der Waals surface area contributed by atoms with Crippen molar-refractivity contribution in [3.05, 3.63) is 71.8 Å². The van der Waals surface area contributed by atoms with Crippen LogP contribution in [0.1, 0.15) is 44.7 Å². The molecule has 172 valence electrons. The van der Waals surface area contributed by atoms with Gasteiger partial charge < -0.3 is 9.47 Å². The molecule has 0 aliphatic carbocycles. The zero-order chi connectivity index (χ0) is 23.0. The van der Waals surface area contributed by atoms with Crippen LogP contribution in [0, 0.1) is 0 Å². The van der Waals surface area contributed by atoms with Gasteiger partial charge in [-0.3, -0.25) is 9.74 Å². The summed E-state index contributed by atoms with van der Waals surface area (Å²) in [6.07, 6.45) is 0.590. The Kier molecular flexibility index (Phi) is 8.25. The molecule has 3 rings (SSSR count). The molecule has 2 atom stereocenters. The van der Waals surface area contributed by atoms with E-state index in [1.54, 1.807) is 20.8 Å². The molecule has 1 aliphatic rings. The van der Waals surface area contributed by atoms with Gasteiger partial charge in [-0.05, 0) is 44.7 Å². The van der Waals surface area contributed by atoms with Crippen LogP contribution in [0.4, 0.5) is 4.79 Å². The lowest BCUT2D eigenvalue weighted by atomic mass is 9.99. The lowest BCUT2D eigenvalue weighted by Gasteiger charge is -2.38. The van der Waals surface area contributed by atoms with E-state index in [-0.39, 0.29) is 19.2 Å². The van der Waals surface area contributed by atoms with E-state index < -0.39 is 23.7 Å². The van der Waals surface area contributed by atoms with Gasteiger partial charge >= 0.3 is 12.1 Å². The number of hydroxylamine groups is 1. The maximum absolute atomic E-state index is 12.9. The predicted octanol–water partition coefficient (Wildman–Crippen LogP) is 4.22. The highest BCUT2D eigenvalue weighted by atomic mass is 16.6. The fourth-order valence-electron chi connectivity index (χ4n) is 3.48. The molecule has 0 bridgehead atoms. The molecule has 1 amide bonds. The lowest BCUT2D eigenvalue weighted by molar-refractivity contribution is -0.153. The van der Waals surface area contributed by atoms with Crippen LogP contribution in [0.5, 0.6) is 0 Å². The first kappa shape index (κ1) is 23.8. The number of hydrogen-bond donors (Lipinski definition) is 1. The predicted molar refractivity (Wildman–Crippen MR) is 120 cm³/mol. The molecule has 1 saturated heterocycles. The largest absolute Gasteiger partial charge is 0.459 e. The molecular formula is C25H32N2O5. The second-order valence-electron chi connectivity index (χ2n) is 8.91. The first-order chi connectivity index (χ1) is 15.3. The Morgan fingerprint density at radius 3 is 2.12 bits per heavy atom. The van der Waals surface area contributed by atoms with Gasteiger partial charge in [0.2, 0.25) is 0 Å². The van der Waals surface area contributed by atoms with Gasteiger partial charge in [0.05, 0.1) is 12.6 Å². The lowest BCUT2D eigenvalue weighted by Crippen LogP contribution is -2.56. The van der Waals surface area contributed by atoms with Gasteiger partial charge in [0.15, 0.2) is 0 Å². The molecule has 7 nitrogen and oxygen atoms in total. The first-order valence-corrected chi connectivity index (χ1v) is 10.9. The standard InChI is InChI=1S/C25H32N2O5/c1-25(2,3)32-24(29)27-16-21(26-31-18-20-12-8-5-9-13-20)14-15-22(27)23(28)30-17-19-10-6-4-7-11-19/h4-13,21-22,26H,14-18H2,1-3H3/t21?,22-/m0/s1. The molecule has 1 heterocycles. The highest BCUT2D eigenvalue weighted by Crippen LogP contribution is 2.22. The van der Waals surface area contributed by atoms with E-state index in [4.69, 9.17) is 14.3 Å². The Bertz CT molecular complexity index is 867. The Hall–Kier alpha value is -2.90. The summed E-state index contributed by atoms with van der Waals surface area (Å²) in [6, 6.07) is 18.5. The number of piperidine rings is 1. The number of ether oxygens (including phenoxy) is 2. The number of nitrogens with one attached hydrogen (secondary N) is 1. The second-order valence-corrected chi connectivity index (χ2v) is 8.91. The van der Waals surface area contributed by atoms with Gasteiger partial charge in [-0.15, -0.1) is 0 Å². The van der Waals surface area contributed by atoms with E-state index in [2.05, 4.69) is 5.48 Å². The zero-order valence-corrected chi connectivity index (χ0v) is 19.0. The highest BCUT2D eigenvalue weighted by molar-refractivity contribution is 5.82. The van der Waals surface area contributed by atoms with E-state index in [9.17, 15) is 9.59 Å². The van der Waals surface area contributed by atoms with E-state index in [1.807, 2.05) is 60.7 Å². The van der Waals surface area contributed by atoms with Gasteiger partial charge in [0, 0.05) is 6.54 Å². The molecule has 0 spiro atoms. The smallest absolute Gasteiger partial charge is 0.411 e. The fourth-order valence-corrected chi connectivity index (χ4v) is 3.48. The van der Waals surface area contributed by atoms with Crippen LogP contribution >= 0.6 is 0 Å². The van der Waals surface area contributed by atoms with E-state index in [1.165, 1.54) is 4.90 Å². The number of carbonyl (C=O) groups excluding carboxylic acids is 2. The average Bonchev–Trinajstić information content (AvgIpc) is 2.78. The molecule has 1 aliphatic heterocycles. The maximum Gasteiger partial charge on any atom is 0.411 e. The van der Waals surface area contributed by atoms with Crippen LogP contribution in [0.15, 0.2) is 60.7 Å². The summed E-state index contributed by atoms with van der Waals surface area (Å²) in [7, 11) is 0. The van der Waals surface area contributed by atoms with Crippen molar-refractivity contribution >= 4 is 12.1 Å². The molecule has 2 aromatic rings. The van der Waals surface area contributed by atoms with Crippen molar-refractivity contribution in [3.8, 4) is 0 Å². The molecule has 2 aromatic carbocycles. The number of amides is 1. The number of carbonyl (C=O) groups is 2. The summed E-state index contributed by atoms with van der Waals surface area (Å²) in [5.74, 6) is -0.427. The number of hydrogen-bond acceptors (Lipinski definition) is 6. The highest BCUT2D eigenvalue weighted by Gasteiger charge is 2.39. The Morgan fingerprint density at radius 1 is 0.938 bits per heavy atom. The monoisotopic (exact) mass is 440 g/mol. The molecule has 0 radical (unpaired) electrons. The fraction of sp³-hybridized carbons (Fsp3) is 0.440. The number of likely N-dealkylation sites (tertiary alicyclic amines) is 1. The number of rotatable bonds is 7. The molecule has 1 fully saturated rings. The molecule has 1 N–H and O–H groups in total. The van der Waals surface area contributed by atoms with Crippen molar-refractivity contribution in [2.24, 2.45) is 0 Å². The van der Waals surface area contributed by atoms with Crippen LogP contribution < -0.4 is 5.48 Å². The van der Waals surface area contributed by atoms with Gasteiger partial charge in [-0.25, -0.2) is 9.59 Å². The van der Waals surface area contributed by atoms with Crippen molar-refractivity contribution in [1.82, 2.24) is 10.4 Å². The Balaban J connectivity index is 1.60. The topological polar surface area (TPSA) is 77.1 Å². The minimum atomic E-state index is -0.694. The minimum absolute atomic E-state index is 0.121. The third-order valence-electron chi connectivity index (χ3n) is 5.04. The number of nitrogens with zero attached hydrogens (tertiary/aromatic N) is 1. The molecular weight excluding hydrogens is 408 g/mol. The second kappa shape index (κ2) is 11.1. The summed E-state index contributed by atoms with van der Waals surface area (Å²) >= 11 is 0. The van der Waals surface area contributed by atoms with Crippen LogP contribution in [0.3, 0.4) is 0 Å². The van der Waals surface area contributed by atoms with E-state index in [0.29, 0.717) is 19.4 Å². The summed E-state index contributed by atoms with van der Waals surface area (Å²) in [4.78, 5) is 32.8. The third kappa shape index (κ3) is 7.35. The number of esters is 1. The molecule has 0 saturated carbocycles.